The Morgan fingerprint density at radius 2 is 1.03 bits per heavy atom. The molecule has 1 heterocycles. The van der Waals surface area contributed by atoms with E-state index >= 15 is 0 Å². The van der Waals surface area contributed by atoms with Gasteiger partial charge in [-0.05, 0) is 0 Å². The summed E-state index contributed by atoms with van der Waals surface area (Å²) < 4.78 is 16.4. The summed E-state index contributed by atoms with van der Waals surface area (Å²) in [6.07, 6.45) is 17.9. The molecule has 0 aliphatic heterocycles. The van der Waals surface area contributed by atoms with E-state index < -0.39 is 50.1 Å². The summed E-state index contributed by atoms with van der Waals surface area (Å²) in [5.41, 5.74) is -1.08. The topological polar surface area (TPSA) is 112 Å². The molecule has 0 bridgehead atoms. The minimum atomic E-state index is -1.02. The monoisotopic (exact) mass is 665 g/mol. The number of aromatic hydroxyl groups is 1. The average molecular weight is 663 g/mol. The fraction of sp³-hybridized carbons (Fsp3) is 0.733. The van der Waals surface area contributed by atoms with Crippen LogP contribution in [0.25, 0.3) is 0 Å². The van der Waals surface area contributed by atoms with Gasteiger partial charge in [0.1, 0.15) is 0 Å². The van der Waals surface area contributed by atoms with Gasteiger partial charge >= 0.3 is 220 Å². The maximum absolute atomic E-state index is 12.7. The Balaban J connectivity index is 2.66. The molecule has 0 saturated carbocycles. The van der Waals surface area contributed by atoms with Crippen molar-refractivity contribution in [3.63, 3.8) is 0 Å². The van der Waals surface area contributed by atoms with Crippen molar-refractivity contribution in [1.82, 2.24) is 4.98 Å². The molecule has 222 valence electrons. The standard InChI is InChI=1S/C30H49NO7Te/c1-5-9-10-11-12-13-14-15-16-17-18-19-20-21-22-39-27-26(32)24(29(34)37-7-3)23(28(33)36-6-2)25(31-27)30(35)38-8-4/h32H,5-22H2,1-4H3. The van der Waals surface area contributed by atoms with Gasteiger partial charge in [-0.2, -0.15) is 0 Å². The van der Waals surface area contributed by atoms with Gasteiger partial charge in [0, 0.05) is 0 Å². The molecule has 1 N–H and O–H groups in total. The Labute approximate surface area is 245 Å². The van der Waals surface area contributed by atoms with Crippen LogP contribution in [-0.2, 0) is 14.2 Å². The zero-order valence-electron chi connectivity index (χ0n) is 24.5. The molecule has 8 nitrogen and oxygen atoms in total. The fourth-order valence-corrected chi connectivity index (χ4v) is 6.94. The normalized spacial score (nSPS) is 10.9. The van der Waals surface area contributed by atoms with Crippen LogP contribution in [0, 0.1) is 0 Å². The second-order valence-electron chi connectivity index (χ2n) is 9.47. The van der Waals surface area contributed by atoms with Crippen LogP contribution in [0.3, 0.4) is 0 Å². The first kappa shape index (κ1) is 35.2. The van der Waals surface area contributed by atoms with Crippen molar-refractivity contribution in [3.05, 3.63) is 16.8 Å². The Morgan fingerprint density at radius 3 is 1.49 bits per heavy atom. The Bertz CT molecular complexity index is 875. The molecule has 0 spiro atoms. The van der Waals surface area contributed by atoms with Crippen LogP contribution in [0.2, 0.25) is 4.47 Å². The van der Waals surface area contributed by atoms with E-state index in [4.69, 9.17) is 14.2 Å². The molecule has 39 heavy (non-hydrogen) atoms. The van der Waals surface area contributed by atoms with Gasteiger partial charge in [0.2, 0.25) is 0 Å². The number of hydrogen-bond acceptors (Lipinski definition) is 8. The van der Waals surface area contributed by atoms with Gasteiger partial charge in [0.05, 0.1) is 0 Å². The first-order valence-electron chi connectivity index (χ1n) is 14.8. The van der Waals surface area contributed by atoms with E-state index in [0.29, 0.717) is 3.74 Å². The molecule has 0 aliphatic rings. The van der Waals surface area contributed by atoms with Gasteiger partial charge in [0.15, 0.2) is 0 Å². The molecular formula is C30H49NO7Te. The zero-order valence-corrected chi connectivity index (χ0v) is 26.8. The summed E-state index contributed by atoms with van der Waals surface area (Å²) in [6, 6.07) is 0. The third-order valence-corrected chi connectivity index (χ3v) is 9.30. The summed E-state index contributed by atoms with van der Waals surface area (Å²) in [4.78, 5) is 42.4. The Kier molecular flexibility index (Phi) is 19.8. The molecule has 0 atom stereocenters. The third kappa shape index (κ3) is 13.4. The number of aromatic nitrogens is 1. The minimum absolute atomic E-state index is 0.0270. The van der Waals surface area contributed by atoms with Crippen molar-refractivity contribution in [1.29, 1.82) is 0 Å². The van der Waals surface area contributed by atoms with E-state index in [2.05, 4.69) is 11.9 Å². The van der Waals surface area contributed by atoms with E-state index in [0.717, 1.165) is 17.3 Å². The van der Waals surface area contributed by atoms with Crippen LogP contribution < -0.4 is 3.74 Å². The fourth-order valence-electron chi connectivity index (χ4n) is 4.27. The SMILES string of the molecule is CCCCCCCCCCCCCCCC[Te]c1nc(C(=O)OCC)c(C(=O)OCC)c(C(=O)OCC)c1O. The number of hydrogen-bond donors (Lipinski definition) is 1. The van der Waals surface area contributed by atoms with Crippen molar-refractivity contribution < 1.29 is 33.7 Å². The molecule has 0 aliphatic carbocycles. The van der Waals surface area contributed by atoms with Crippen LogP contribution in [-0.4, -0.2) is 68.7 Å². The number of rotatable bonds is 22. The van der Waals surface area contributed by atoms with E-state index in [1.165, 1.54) is 77.0 Å². The Morgan fingerprint density at radius 1 is 0.615 bits per heavy atom. The molecule has 9 heteroatoms. The molecular weight excluding hydrogens is 614 g/mol. The van der Waals surface area contributed by atoms with Crippen molar-refractivity contribution in [2.45, 2.75) is 122 Å². The van der Waals surface area contributed by atoms with Crippen LogP contribution in [0.4, 0.5) is 0 Å². The molecule has 0 unspecified atom stereocenters. The van der Waals surface area contributed by atoms with Gasteiger partial charge in [-0.3, -0.25) is 0 Å². The maximum atomic E-state index is 12.7. The zero-order chi connectivity index (χ0) is 28.9. The molecule has 1 aromatic heterocycles. The summed E-state index contributed by atoms with van der Waals surface area (Å²) >= 11 is -1.02. The quantitative estimate of drug-likeness (QED) is 0.0644. The van der Waals surface area contributed by atoms with Gasteiger partial charge in [-0.15, -0.1) is 0 Å². The van der Waals surface area contributed by atoms with Crippen molar-refractivity contribution >= 4 is 42.6 Å². The third-order valence-electron chi connectivity index (χ3n) is 6.30. The van der Waals surface area contributed by atoms with E-state index in [1.54, 1.807) is 20.8 Å². The van der Waals surface area contributed by atoms with Crippen molar-refractivity contribution in [3.8, 4) is 5.75 Å². The molecule has 1 rings (SSSR count). The summed E-state index contributed by atoms with van der Waals surface area (Å²) in [5, 5.41) is 10.9. The Hall–Kier alpha value is -1.85. The van der Waals surface area contributed by atoms with Crippen LogP contribution in [0.1, 0.15) is 149 Å². The van der Waals surface area contributed by atoms with Gasteiger partial charge < -0.3 is 0 Å². The molecule has 1 aromatic rings. The number of pyridine rings is 1. The predicted octanol–water partition coefficient (Wildman–Crippen LogP) is 6.55. The molecule has 0 saturated heterocycles. The second kappa shape index (κ2) is 21.9. The summed E-state index contributed by atoms with van der Waals surface area (Å²) in [5.74, 6) is -3.05. The second-order valence-corrected chi connectivity index (χ2v) is 12.6. The van der Waals surface area contributed by atoms with Gasteiger partial charge in [0.25, 0.3) is 0 Å². The number of nitrogens with zero attached hydrogens (tertiary/aromatic N) is 1. The molecule has 0 aromatic carbocycles. The van der Waals surface area contributed by atoms with Crippen LogP contribution in [0.15, 0.2) is 0 Å². The van der Waals surface area contributed by atoms with E-state index in [1.807, 2.05) is 0 Å². The number of carbonyl (C=O) groups excluding carboxylic acids is 3. The number of carbonyl (C=O) groups is 3. The average Bonchev–Trinajstić information content (AvgIpc) is 2.91. The van der Waals surface area contributed by atoms with Crippen molar-refractivity contribution in [2.24, 2.45) is 0 Å². The molecule has 0 fully saturated rings. The molecule has 0 radical (unpaired) electrons. The van der Waals surface area contributed by atoms with E-state index in [9.17, 15) is 19.5 Å². The van der Waals surface area contributed by atoms with E-state index in [-0.39, 0.29) is 31.1 Å². The van der Waals surface area contributed by atoms with Crippen molar-refractivity contribution in [2.75, 3.05) is 19.8 Å². The predicted molar refractivity (Wildman–Crippen MR) is 154 cm³/mol. The number of esters is 3. The van der Waals surface area contributed by atoms with Crippen LogP contribution >= 0.6 is 0 Å². The van der Waals surface area contributed by atoms with Gasteiger partial charge in [-0.25, -0.2) is 0 Å². The molecule has 0 amide bonds. The summed E-state index contributed by atoms with van der Waals surface area (Å²) in [7, 11) is 0. The number of unbranched alkanes of at least 4 members (excludes halogenated alkanes) is 13. The van der Waals surface area contributed by atoms with Gasteiger partial charge in [-0.1, -0.05) is 26.2 Å². The first-order valence-corrected chi connectivity index (χ1v) is 17.6. The first-order chi connectivity index (χ1) is 18.9. The van der Waals surface area contributed by atoms with Crippen LogP contribution in [0.5, 0.6) is 5.75 Å². The number of ether oxygens (including phenoxy) is 3. The summed E-state index contributed by atoms with van der Waals surface area (Å²) in [6.45, 7) is 7.27.